The summed E-state index contributed by atoms with van der Waals surface area (Å²) in [5.41, 5.74) is 1.85. The highest BCUT2D eigenvalue weighted by Gasteiger charge is 2.53. The number of aliphatic imine (C=N–C) groups is 1. The molecule has 1 aliphatic rings. The van der Waals surface area contributed by atoms with E-state index in [-0.39, 0.29) is 56.8 Å². The van der Waals surface area contributed by atoms with E-state index in [4.69, 9.17) is 44.6 Å². The third-order valence-corrected chi connectivity index (χ3v) is 9.82. The van der Waals surface area contributed by atoms with E-state index in [1.54, 1.807) is 123 Å². The van der Waals surface area contributed by atoms with Crippen molar-refractivity contribution < 1.29 is 66.7 Å². The van der Waals surface area contributed by atoms with Crippen LogP contribution in [0.5, 0.6) is 0 Å². The number of fused-ring (bicyclic) bond motifs is 1. The summed E-state index contributed by atoms with van der Waals surface area (Å²) in [7, 11) is 3.39. The van der Waals surface area contributed by atoms with Crippen LogP contribution >= 0.6 is 0 Å². The van der Waals surface area contributed by atoms with Crippen LogP contribution in [0.1, 0.15) is 162 Å². The second-order valence-electron chi connectivity index (χ2n) is 23.1. The summed E-state index contributed by atoms with van der Waals surface area (Å²) in [4.78, 5) is 125. The fraction of sp³-hybridized carbons (Fsp3) is 0.755. The van der Waals surface area contributed by atoms with E-state index in [0.29, 0.717) is 0 Å². The maximum absolute atomic E-state index is 14.8. The third-order valence-electron chi connectivity index (χ3n) is 9.82. The number of nitrogens with two attached hydrogens (primary N) is 2. The number of nitrogens with one attached hydrogen (secondary N) is 2. The van der Waals surface area contributed by atoms with Crippen molar-refractivity contribution in [3.8, 4) is 0 Å². The van der Waals surface area contributed by atoms with Crippen molar-refractivity contribution in [1.82, 2.24) is 14.9 Å². The zero-order valence-electron chi connectivity index (χ0n) is 45.7. The second kappa shape index (κ2) is 24.3. The van der Waals surface area contributed by atoms with Gasteiger partial charge in [-0.25, -0.2) is 29.0 Å². The van der Waals surface area contributed by atoms with Crippen LogP contribution in [0, 0.1) is 0 Å². The van der Waals surface area contributed by atoms with Gasteiger partial charge in [0.1, 0.15) is 39.9 Å². The van der Waals surface area contributed by atoms with Crippen LogP contribution in [0.3, 0.4) is 0 Å². The Morgan fingerprint density at radius 2 is 1.08 bits per heavy atom. The molecule has 0 saturated heterocycles. The molecule has 23 heteroatoms. The molecular weight excluding hydrogens is 941 g/mol. The van der Waals surface area contributed by atoms with E-state index in [9.17, 15) is 38.4 Å². The van der Waals surface area contributed by atoms with Gasteiger partial charge in [-0.15, -0.1) is 0 Å². The molecule has 408 valence electrons. The van der Waals surface area contributed by atoms with E-state index in [2.05, 4.69) is 20.3 Å². The quantitative estimate of drug-likeness (QED) is 0.0323. The topological polar surface area (TPSA) is 313 Å². The van der Waals surface area contributed by atoms with Gasteiger partial charge in [0.15, 0.2) is 11.8 Å². The highest BCUT2D eigenvalue weighted by molar-refractivity contribution is 6.06. The Morgan fingerprint density at radius 1 is 0.667 bits per heavy atom. The van der Waals surface area contributed by atoms with Gasteiger partial charge in [-0.3, -0.25) is 19.3 Å². The van der Waals surface area contributed by atoms with Gasteiger partial charge in [-0.1, -0.05) is 0 Å². The number of aromatic amines is 1. The van der Waals surface area contributed by atoms with Crippen molar-refractivity contribution in [3.63, 3.8) is 0 Å². The first-order valence-corrected chi connectivity index (χ1v) is 24.1. The molecule has 2 rings (SSSR count). The average molecular weight is 1020 g/mol. The Labute approximate surface area is 423 Å². The number of nitrogens with zero attached hydrogens (tertiary/aromatic N) is 4. The molecule has 6 N–H and O–H groups in total. The molecule has 0 saturated carbocycles. The van der Waals surface area contributed by atoms with Crippen LogP contribution in [0.15, 0.2) is 9.79 Å². The van der Waals surface area contributed by atoms with Crippen LogP contribution in [0.2, 0.25) is 0 Å². The van der Waals surface area contributed by atoms with Gasteiger partial charge < -0.3 is 59.8 Å². The summed E-state index contributed by atoms with van der Waals surface area (Å²) < 4.78 is 40.0. The van der Waals surface area contributed by atoms with Crippen molar-refractivity contribution in [2.45, 2.75) is 219 Å². The third kappa shape index (κ3) is 20.0. The van der Waals surface area contributed by atoms with E-state index in [0.717, 1.165) is 4.90 Å². The lowest BCUT2D eigenvalue weighted by Gasteiger charge is -2.43. The molecule has 0 radical (unpaired) electrons. The first-order valence-electron chi connectivity index (χ1n) is 24.1. The molecule has 1 aliphatic heterocycles. The van der Waals surface area contributed by atoms with Crippen LogP contribution in [0.4, 0.5) is 22.2 Å². The predicted octanol–water partition coefficient (Wildman–Crippen LogP) is 5.25. The summed E-state index contributed by atoms with van der Waals surface area (Å²) in [5.74, 6) is -6.38. The Kier molecular flexibility index (Phi) is 21.0. The van der Waals surface area contributed by atoms with Crippen molar-refractivity contribution >= 4 is 65.7 Å². The Hall–Kier alpha value is -5.84. The molecule has 0 fully saturated rings. The number of anilines is 2. The molecule has 5 atom stereocenters. The first-order chi connectivity index (χ1) is 32.6. The van der Waals surface area contributed by atoms with Gasteiger partial charge in [-0.05, 0) is 149 Å². The molecular formula is C49H82N8O15. The zero-order valence-corrected chi connectivity index (χ0v) is 45.7. The average Bonchev–Trinajstić information content (AvgIpc) is 3.18. The lowest BCUT2D eigenvalue weighted by Crippen LogP contribution is -2.64. The van der Waals surface area contributed by atoms with Gasteiger partial charge in [0.2, 0.25) is 17.0 Å². The summed E-state index contributed by atoms with van der Waals surface area (Å²) in [6.45, 7) is 25.2. The number of H-pyrrole nitrogens is 1. The molecule has 0 aliphatic carbocycles. The molecule has 1 aromatic rings. The minimum absolute atomic E-state index is 0.000871. The lowest BCUT2D eigenvalue weighted by atomic mass is 9.91. The molecule has 0 bridgehead atoms. The number of carbonyl (C=O) groups excluding carboxylic acids is 7. The molecule has 0 aromatic carbocycles. The number of hydrogen-bond acceptors (Lipinski definition) is 20. The minimum Gasteiger partial charge on any atom is -0.460 e. The van der Waals surface area contributed by atoms with Gasteiger partial charge in [0, 0.05) is 33.5 Å². The monoisotopic (exact) mass is 1020 g/mol. The standard InChI is InChI=1S/C49H82N8O15/c1-29(66-37(61)48(50,39(63)70-45(8,9)10)25-21-19-23-31(58)68-43(2,3)4)34(67-38(62)49(51,40(64)71-46(11,12)13)26-22-20-24-32(59)69-44(5,6)7)30-27-52-35-33(57(30)42(65)72-47(14,15)16)36(60)55-41(54-35)53-28-56(17)18/h28-30,34H,19-27,50-51H2,1-18H3,(H2,52,54,55,60). The fourth-order valence-corrected chi connectivity index (χ4v) is 6.80. The van der Waals surface area contributed by atoms with Gasteiger partial charge >= 0.3 is 47.5 Å². The predicted molar refractivity (Wildman–Crippen MR) is 267 cm³/mol. The Morgan fingerprint density at radius 3 is 1.49 bits per heavy atom. The highest BCUT2D eigenvalue weighted by Crippen LogP contribution is 2.34. The van der Waals surface area contributed by atoms with E-state index in [1.165, 1.54) is 13.3 Å². The summed E-state index contributed by atoms with van der Waals surface area (Å²) in [5, 5.41) is 3.02. The number of aromatic nitrogens is 2. The van der Waals surface area contributed by atoms with Crippen molar-refractivity contribution in [2.75, 3.05) is 30.9 Å². The molecule has 0 spiro atoms. The van der Waals surface area contributed by atoms with Crippen LogP contribution in [-0.2, 0) is 61.9 Å². The second-order valence-corrected chi connectivity index (χ2v) is 23.1. The number of esters is 6. The normalized spacial score (nSPS) is 16.9. The molecule has 1 amide bonds. The molecule has 72 heavy (non-hydrogen) atoms. The number of hydrogen-bond donors (Lipinski definition) is 4. The van der Waals surface area contributed by atoms with Crippen molar-refractivity contribution in [3.05, 3.63) is 10.4 Å². The molecule has 2 heterocycles. The van der Waals surface area contributed by atoms with E-state index >= 15 is 0 Å². The number of ether oxygens (including phenoxy) is 7. The molecule has 23 nitrogen and oxygen atoms in total. The van der Waals surface area contributed by atoms with Gasteiger partial charge in [-0.2, -0.15) is 4.98 Å². The first kappa shape index (κ1) is 62.3. The molecule has 5 unspecified atom stereocenters. The fourth-order valence-electron chi connectivity index (χ4n) is 6.80. The van der Waals surface area contributed by atoms with Crippen molar-refractivity contribution in [1.29, 1.82) is 0 Å². The number of carbonyl (C=O) groups is 7. The van der Waals surface area contributed by atoms with Gasteiger partial charge in [0.25, 0.3) is 0 Å². The van der Waals surface area contributed by atoms with Crippen LogP contribution < -0.4 is 27.2 Å². The summed E-state index contributed by atoms with van der Waals surface area (Å²) in [6.07, 6.45) is -4.01. The number of unbranched alkanes of at least 4 members (excludes halogenated alkanes) is 2. The maximum atomic E-state index is 14.8. The minimum atomic E-state index is -2.60. The number of rotatable bonds is 20. The largest absolute Gasteiger partial charge is 0.460 e. The highest BCUT2D eigenvalue weighted by atomic mass is 16.6. The summed E-state index contributed by atoms with van der Waals surface area (Å²) >= 11 is 0. The summed E-state index contributed by atoms with van der Waals surface area (Å²) in [6, 6.07) is -1.55. The SMILES string of the molecule is CC(OC(=O)C(N)(CCCCC(=O)OC(C)(C)C)C(=O)OC(C)(C)C)C(OC(=O)C(N)(CCCCC(=O)OC(C)(C)C)C(=O)OC(C)(C)C)C1CNc2[nH]c(N=CN(C)C)nc(=O)c2N1C(=O)OC(C)(C)C. The Balaban J connectivity index is 2.88. The number of amides is 1. The van der Waals surface area contributed by atoms with Crippen molar-refractivity contribution in [2.24, 2.45) is 16.5 Å². The van der Waals surface area contributed by atoms with E-state index in [1.807, 2.05) is 0 Å². The van der Waals surface area contributed by atoms with Crippen LogP contribution in [0.25, 0.3) is 0 Å². The maximum Gasteiger partial charge on any atom is 0.415 e. The van der Waals surface area contributed by atoms with Crippen LogP contribution in [-0.4, -0.2) is 141 Å². The van der Waals surface area contributed by atoms with Gasteiger partial charge in [0.05, 0.1) is 12.4 Å². The molecule has 1 aromatic heterocycles. The zero-order chi connectivity index (χ0) is 55.6. The Bertz CT molecular complexity index is 2190. The lowest BCUT2D eigenvalue weighted by molar-refractivity contribution is -0.187. The smallest absolute Gasteiger partial charge is 0.415 e. The van der Waals surface area contributed by atoms with E-state index < -0.39 is 123 Å².